The quantitative estimate of drug-likeness (QED) is 0.480. The van der Waals surface area contributed by atoms with Crippen LogP contribution in [0.4, 0.5) is 10.1 Å². The predicted molar refractivity (Wildman–Crippen MR) is 118 cm³/mol. The van der Waals surface area contributed by atoms with Crippen LogP contribution >= 0.6 is 11.3 Å². The Hall–Kier alpha value is -3.32. The Kier molecular flexibility index (Phi) is 5.46. The van der Waals surface area contributed by atoms with Crippen LogP contribution < -0.4 is 5.32 Å². The largest absolute Gasteiger partial charge is 0.326 e. The Bertz CT molecular complexity index is 1190. The maximum Gasteiger partial charge on any atom is 0.228 e. The van der Waals surface area contributed by atoms with Crippen molar-refractivity contribution in [3.8, 4) is 16.4 Å². The molecule has 4 aromatic rings. The first-order chi connectivity index (χ1) is 14.4. The third-order valence-corrected chi connectivity index (χ3v) is 5.74. The lowest BCUT2D eigenvalue weighted by atomic mass is 10.1. The summed E-state index contributed by atoms with van der Waals surface area (Å²) < 4.78 is 14.9. The molecule has 2 heterocycles. The van der Waals surface area contributed by atoms with Crippen molar-refractivity contribution in [3.63, 3.8) is 0 Å². The zero-order valence-electron chi connectivity index (χ0n) is 16.9. The molecule has 0 atom stereocenters. The molecule has 0 spiro atoms. The van der Waals surface area contributed by atoms with Crippen molar-refractivity contribution in [2.45, 2.75) is 27.2 Å². The molecule has 0 saturated carbocycles. The normalized spacial score (nSPS) is 10.9. The van der Waals surface area contributed by atoms with Crippen molar-refractivity contribution in [2.75, 3.05) is 5.32 Å². The summed E-state index contributed by atoms with van der Waals surface area (Å²) in [6.45, 7) is 5.84. The molecule has 1 N–H and O–H groups in total. The number of carbonyl (C=O) groups excluding carboxylic acids is 1. The zero-order chi connectivity index (χ0) is 21.3. The van der Waals surface area contributed by atoms with Crippen molar-refractivity contribution in [1.29, 1.82) is 0 Å². The molecule has 4 rings (SSSR count). The number of aromatic nitrogens is 3. The summed E-state index contributed by atoms with van der Waals surface area (Å²) in [6, 6.07) is 14.0. The number of hydrogen-bond acceptors (Lipinski definition) is 4. The van der Waals surface area contributed by atoms with Gasteiger partial charge in [-0.05, 0) is 57.2 Å². The smallest absolute Gasteiger partial charge is 0.228 e. The van der Waals surface area contributed by atoms with Crippen LogP contribution in [0.2, 0.25) is 0 Å². The number of thiazole rings is 1. The molecule has 0 aliphatic heterocycles. The second-order valence-electron chi connectivity index (χ2n) is 7.17. The van der Waals surface area contributed by atoms with E-state index in [4.69, 9.17) is 0 Å². The molecular weight excluding hydrogens is 399 g/mol. The highest BCUT2D eigenvalue weighted by molar-refractivity contribution is 7.12. The van der Waals surface area contributed by atoms with Crippen LogP contribution in [-0.2, 0) is 11.2 Å². The van der Waals surface area contributed by atoms with Gasteiger partial charge in [0.05, 0.1) is 17.8 Å². The maximum atomic E-state index is 13.2. The van der Waals surface area contributed by atoms with Crippen LogP contribution in [0.1, 0.15) is 22.5 Å². The van der Waals surface area contributed by atoms with Gasteiger partial charge in [-0.1, -0.05) is 17.7 Å². The van der Waals surface area contributed by atoms with Crippen molar-refractivity contribution < 1.29 is 9.18 Å². The number of aryl methyl sites for hydroxylation is 2. The summed E-state index contributed by atoms with van der Waals surface area (Å²) in [5.74, 6) is -0.364. The predicted octanol–water partition coefficient (Wildman–Crippen LogP) is 5.24. The first-order valence-electron chi connectivity index (χ1n) is 9.54. The van der Waals surface area contributed by atoms with E-state index in [0.29, 0.717) is 5.13 Å². The van der Waals surface area contributed by atoms with E-state index in [1.54, 1.807) is 16.8 Å². The summed E-state index contributed by atoms with van der Waals surface area (Å²) in [5, 5.41) is 10.2. The lowest BCUT2D eigenvalue weighted by molar-refractivity contribution is -0.115. The number of halogens is 1. The van der Waals surface area contributed by atoms with E-state index in [1.165, 1.54) is 23.5 Å². The van der Waals surface area contributed by atoms with Crippen molar-refractivity contribution in [1.82, 2.24) is 14.8 Å². The van der Waals surface area contributed by atoms with Gasteiger partial charge in [-0.25, -0.2) is 14.1 Å². The fraction of sp³-hybridized carbons (Fsp3) is 0.174. The van der Waals surface area contributed by atoms with Gasteiger partial charge < -0.3 is 5.32 Å². The number of amides is 1. The van der Waals surface area contributed by atoms with Crippen molar-refractivity contribution in [3.05, 3.63) is 82.2 Å². The van der Waals surface area contributed by atoms with Gasteiger partial charge in [-0.2, -0.15) is 5.10 Å². The van der Waals surface area contributed by atoms with E-state index >= 15 is 0 Å². The molecule has 0 fully saturated rings. The fourth-order valence-electron chi connectivity index (χ4n) is 3.23. The summed E-state index contributed by atoms with van der Waals surface area (Å²) in [5.41, 5.74) is 6.09. The van der Waals surface area contributed by atoms with Gasteiger partial charge in [0.2, 0.25) is 11.0 Å². The Labute approximate surface area is 178 Å². The number of benzene rings is 2. The van der Waals surface area contributed by atoms with E-state index in [1.807, 2.05) is 50.4 Å². The average Bonchev–Trinajstić information content (AvgIpc) is 3.31. The molecule has 7 heteroatoms. The number of nitrogens with zero attached hydrogens (tertiary/aromatic N) is 3. The van der Waals surface area contributed by atoms with Crippen LogP contribution in [0.25, 0.3) is 16.4 Å². The first kappa shape index (κ1) is 20.0. The monoisotopic (exact) mass is 420 g/mol. The van der Waals surface area contributed by atoms with Gasteiger partial charge in [-0.3, -0.25) is 4.79 Å². The number of carbonyl (C=O) groups is 1. The summed E-state index contributed by atoms with van der Waals surface area (Å²) in [7, 11) is 0. The molecule has 5 nitrogen and oxygen atoms in total. The van der Waals surface area contributed by atoms with Gasteiger partial charge in [0.25, 0.3) is 0 Å². The number of anilines is 1. The third kappa shape index (κ3) is 4.16. The molecule has 30 heavy (non-hydrogen) atoms. The van der Waals surface area contributed by atoms with Crippen LogP contribution in [0.3, 0.4) is 0 Å². The zero-order valence-corrected chi connectivity index (χ0v) is 17.8. The Morgan fingerprint density at radius 2 is 1.77 bits per heavy atom. The molecular formula is C23H21FN4OS. The molecule has 0 radical (unpaired) electrons. The average molecular weight is 421 g/mol. The molecule has 0 saturated heterocycles. The van der Waals surface area contributed by atoms with E-state index in [0.717, 1.165) is 39.5 Å². The van der Waals surface area contributed by atoms with Crippen molar-refractivity contribution >= 4 is 22.9 Å². The molecule has 0 bridgehead atoms. The standard InChI is InChI=1S/C23H21FN4OS/c1-14-4-10-19(11-5-14)25-22(29)12-20-15(2)27-28(16(20)3)23-26-21(13-30-23)17-6-8-18(24)9-7-17/h4-11,13H,12H2,1-3H3,(H,25,29). The van der Waals surface area contributed by atoms with Gasteiger partial charge >= 0.3 is 0 Å². The molecule has 2 aromatic heterocycles. The Morgan fingerprint density at radius 1 is 1.07 bits per heavy atom. The van der Waals surface area contributed by atoms with Crippen LogP contribution in [0.5, 0.6) is 0 Å². The molecule has 0 unspecified atom stereocenters. The minimum atomic E-state index is -0.277. The van der Waals surface area contributed by atoms with E-state index in [-0.39, 0.29) is 18.1 Å². The van der Waals surface area contributed by atoms with Crippen LogP contribution in [-0.4, -0.2) is 20.7 Å². The van der Waals surface area contributed by atoms with Gasteiger partial charge in [0.15, 0.2) is 0 Å². The first-order valence-corrected chi connectivity index (χ1v) is 10.4. The van der Waals surface area contributed by atoms with Crippen molar-refractivity contribution in [2.24, 2.45) is 0 Å². The van der Waals surface area contributed by atoms with Gasteiger partial charge in [0.1, 0.15) is 5.82 Å². The SMILES string of the molecule is Cc1ccc(NC(=O)Cc2c(C)nn(-c3nc(-c4ccc(F)cc4)cs3)c2C)cc1. The number of nitrogens with one attached hydrogen (secondary N) is 1. The fourth-order valence-corrected chi connectivity index (χ4v) is 4.07. The minimum Gasteiger partial charge on any atom is -0.326 e. The van der Waals surface area contributed by atoms with Crippen LogP contribution in [0, 0.1) is 26.6 Å². The second-order valence-corrected chi connectivity index (χ2v) is 8.01. The van der Waals surface area contributed by atoms with E-state index in [2.05, 4.69) is 15.4 Å². The maximum absolute atomic E-state index is 13.2. The Balaban J connectivity index is 1.54. The number of hydrogen-bond donors (Lipinski definition) is 1. The van der Waals surface area contributed by atoms with E-state index in [9.17, 15) is 9.18 Å². The second kappa shape index (κ2) is 8.20. The Morgan fingerprint density at radius 3 is 2.47 bits per heavy atom. The third-order valence-electron chi connectivity index (χ3n) is 4.93. The lowest BCUT2D eigenvalue weighted by Crippen LogP contribution is -2.15. The van der Waals surface area contributed by atoms with E-state index < -0.39 is 0 Å². The molecule has 2 aromatic carbocycles. The van der Waals surface area contributed by atoms with Gasteiger partial charge in [0, 0.05) is 27.9 Å². The lowest BCUT2D eigenvalue weighted by Gasteiger charge is -2.06. The van der Waals surface area contributed by atoms with Crippen LogP contribution in [0.15, 0.2) is 53.9 Å². The summed E-state index contributed by atoms with van der Waals surface area (Å²) in [4.78, 5) is 17.2. The highest BCUT2D eigenvalue weighted by atomic mass is 32.1. The van der Waals surface area contributed by atoms with Gasteiger partial charge in [-0.15, -0.1) is 11.3 Å². The molecule has 0 aliphatic rings. The summed E-state index contributed by atoms with van der Waals surface area (Å²) >= 11 is 1.46. The highest BCUT2D eigenvalue weighted by Crippen LogP contribution is 2.26. The number of rotatable bonds is 5. The molecule has 152 valence electrons. The highest BCUT2D eigenvalue weighted by Gasteiger charge is 2.18. The molecule has 1 amide bonds. The molecule has 0 aliphatic carbocycles. The summed E-state index contributed by atoms with van der Waals surface area (Å²) in [6.07, 6.45) is 0.238. The minimum absolute atomic E-state index is 0.0873. The topological polar surface area (TPSA) is 59.8 Å².